The molecular weight excluding hydrogens is 404 g/mol. The lowest BCUT2D eigenvalue weighted by atomic mass is 9.91. The summed E-state index contributed by atoms with van der Waals surface area (Å²) in [5.74, 6) is -0.701. The first-order valence-electron chi connectivity index (χ1n) is 9.98. The quantitative estimate of drug-likeness (QED) is 0.325. The van der Waals surface area contributed by atoms with E-state index in [1.807, 2.05) is 60.7 Å². The number of carboxylic acid groups (broad SMARTS) is 1. The summed E-state index contributed by atoms with van der Waals surface area (Å²) in [5, 5.41) is 13.1. The van der Waals surface area contributed by atoms with E-state index in [-0.39, 0.29) is 11.5 Å². The van der Waals surface area contributed by atoms with Crippen molar-refractivity contribution in [1.29, 1.82) is 0 Å². The number of carboxylic acids is 1. The van der Waals surface area contributed by atoms with Gasteiger partial charge < -0.3 is 9.52 Å². The number of carbonyl (C=O) groups excluding carboxylic acids is 1. The second kappa shape index (κ2) is 9.57. The summed E-state index contributed by atoms with van der Waals surface area (Å²) in [6, 6.07) is 28.9. The van der Waals surface area contributed by atoms with Crippen LogP contribution in [0.15, 0.2) is 107 Å². The zero-order valence-electron chi connectivity index (χ0n) is 17.0. The van der Waals surface area contributed by atoms with Crippen LogP contribution in [0, 0.1) is 0 Å². The molecule has 1 aromatic heterocycles. The van der Waals surface area contributed by atoms with Gasteiger partial charge in [-0.1, -0.05) is 72.8 Å². The van der Waals surface area contributed by atoms with Crippen molar-refractivity contribution in [2.75, 3.05) is 0 Å². The van der Waals surface area contributed by atoms with Gasteiger partial charge in [0, 0.05) is 5.56 Å². The molecule has 32 heavy (non-hydrogen) atoms. The SMILES string of the molecule is O=C(O)c1ccc(-c2ccc(/C=N\NC(=O)C(c3ccccc3)c3ccccc3)o2)cc1. The highest BCUT2D eigenvalue weighted by Crippen LogP contribution is 2.25. The van der Waals surface area contributed by atoms with Crippen molar-refractivity contribution in [3.05, 3.63) is 120 Å². The minimum atomic E-state index is -0.983. The van der Waals surface area contributed by atoms with E-state index >= 15 is 0 Å². The van der Waals surface area contributed by atoms with E-state index in [2.05, 4.69) is 10.5 Å². The molecule has 0 atom stereocenters. The van der Waals surface area contributed by atoms with Gasteiger partial charge in [-0.2, -0.15) is 5.10 Å². The Morgan fingerprint density at radius 3 is 1.97 bits per heavy atom. The van der Waals surface area contributed by atoms with Gasteiger partial charge in [0.05, 0.1) is 17.7 Å². The molecule has 0 radical (unpaired) electrons. The van der Waals surface area contributed by atoms with E-state index in [9.17, 15) is 9.59 Å². The third kappa shape index (κ3) is 4.82. The molecule has 4 rings (SSSR count). The molecule has 1 amide bonds. The summed E-state index contributed by atoms with van der Waals surface area (Å²) in [7, 11) is 0. The summed E-state index contributed by atoms with van der Waals surface area (Å²) < 4.78 is 5.73. The van der Waals surface area contributed by atoms with Gasteiger partial charge in [-0.05, 0) is 35.4 Å². The normalized spacial score (nSPS) is 11.0. The Morgan fingerprint density at radius 2 is 1.41 bits per heavy atom. The molecule has 3 aromatic carbocycles. The number of nitrogens with one attached hydrogen (secondary N) is 1. The van der Waals surface area contributed by atoms with Crippen molar-refractivity contribution in [2.24, 2.45) is 5.10 Å². The van der Waals surface area contributed by atoms with Crippen molar-refractivity contribution in [3.8, 4) is 11.3 Å². The van der Waals surface area contributed by atoms with Gasteiger partial charge in [-0.3, -0.25) is 4.79 Å². The number of hydrogen-bond donors (Lipinski definition) is 2. The minimum absolute atomic E-state index is 0.205. The average molecular weight is 424 g/mol. The van der Waals surface area contributed by atoms with Crippen LogP contribution in [0.3, 0.4) is 0 Å². The van der Waals surface area contributed by atoms with Crippen molar-refractivity contribution in [2.45, 2.75) is 5.92 Å². The number of aromatic carboxylic acids is 1. The molecule has 0 spiro atoms. The van der Waals surface area contributed by atoms with Crippen molar-refractivity contribution in [1.82, 2.24) is 5.43 Å². The molecule has 0 aliphatic carbocycles. The Labute approximate surface area is 184 Å². The fourth-order valence-corrected chi connectivity index (χ4v) is 3.36. The maximum absolute atomic E-state index is 12.9. The van der Waals surface area contributed by atoms with Gasteiger partial charge >= 0.3 is 5.97 Å². The molecule has 0 aliphatic rings. The number of furan rings is 1. The Hall–Kier alpha value is -4.45. The maximum atomic E-state index is 12.9. The van der Waals surface area contributed by atoms with E-state index < -0.39 is 11.9 Å². The predicted octanol–water partition coefficient (Wildman–Crippen LogP) is 4.93. The summed E-state index contributed by atoms with van der Waals surface area (Å²) >= 11 is 0. The molecule has 158 valence electrons. The van der Waals surface area contributed by atoms with E-state index in [1.54, 1.807) is 24.3 Å². The highest BCUT2D eigenvalue weighted by molar-refractivity contribution is 5.89. The monoisotopic (exact) mass is 424 g/mol. The number of amides is 1. The molecule has 0 saturated heterocycles. The van der Waals surface area contributed by atoms with Crippen LogP contribution < -0.4 is 5.43 Å². The van der Waals surface area contributed by atoms with Crippen molar-refractivity contribution < 1.29 is 19.1 Å². The standard InChI is InChI=1S/C26H20N2O4/c29-25(24(19-7-3-1-4-8-19)20-9-5-2-6-10-20)28-27-17-22-15-16-23(32-22)18-11-13-21(14-12-18)26(30)31/h1-17,24H,(H,28,29)(H,30,31)/b27-17-. The first kappa shape index (κ1) is 20.8. The van der Waals surface area contributed by atoms with Gasteiger partial charge in [-0.15, -0.1) is 0 Å². The largest absolute Gasteiger partial charge is 0.478 e. The van der Waals surface area contributed by atoms with Crippen LogP contribution in [-0.4, -0.2) is 23.2 Å². The predicted molar refractivity (Wildman–Crippen MR) is 122 cm³/mol. The lowest BCUT2D eigenvalue weighted by molar-refractivity contribution is -0.121. The fourth-order valence-electron chi connectivity index (χ4n) is 3.36. The first-order valence-corrected chi connectivity index (χ1v) is 9.98. The molecule has 0 unspecified atom stereocenters. The van der Waals surface area contributed by atoms with Crippen LogP contribution in [0.5, 0.6) is 0 Å². The van der Waals surface area contributed by atoms with Crippen molar-refractivity contribution >= 4 is 18.1 Å². The topological polar surface area (TPSA) is 91.9 Å². The molecule has 2 N–H and O–H groups in total. The smallest absolute Gasteiger partial charge is 0.335 e. The van der Waals surface area contributed by atoms with E-state index in [0.717, 1.165) is 16.7 Å². The molecule has 1 heterocycles. The lowest BCUT2D eigenvalue weighted by Gasteiger charge is -2.16. The number of hydrogen-bond acceptors (Lipinski definition) is 4. The van der Waals surface area contributed by atoms with Crippen LogP contribution in [0.1, 0.15) is 33.2 Å². The third-order valence-corrected chi connectivity index (χ3v) is 4.94. The zero-order chi connectivity index (χ0) is 22.3. The van der Waals surface area contributed by atoms with Gasteiger partial charge in [-0.25, -0.2) is 10.2 Å². The van der Waals surface area contributed by atoms with Crippen molar-refractivity contribution in [3.63, 3.8) is 0 Å². The maximum Gasteiger partial charge on any atom is 0.335 e. The highest BCUT2D eigenvalue weighted by Gasteiger charge is 2.22. The zero-order valence-corrected chi connectivity index (χ0v) is 17.0. The molecular formula is C26H20N2O4. The molecule has 0 fully saturated rings. The van der Waals surface area contributed by atoms with Gasteiger partial charge in [0.1, 0.15) is 11.5 Å². The number of carbonyl (C=O) groups is 2. The van der Waals surface area contributed by atoms with E-state index in [0.29, 0.717) is 11.5 Å². The molecule has 0 bridgehead atoms. The minimum Gasteiger partial charge on any atom is -0.478 e. The highest BCUT2D eigenvalue weighted by atomic mass is 16.4. The Balaban J connectivity index is 1.47. The summed E-state index contributed by atoms with van der Waals surface area (Å²) in [5.41, 5.74) is 5.29. The molecule has 0 aliphatic heterocycles. The number of nitrogens with zero attached hydrogens (tertiary/aromatic N) is 1. The van der Waals surface area contributed by atoms with Gasteiger partial charge in [0.2, 0.25) is 0 Å². The summed E-state index contributed by atoms with van der Waals surface area (Å²) in [6.07, 6.45) is 1.43. The number of rotatable bonds is 7. The summed E-state index contributed by atoms with van der Waals surface area (Å²) in [6.45, 7) is 0. The van der Waals surface area contributed by atoms with Crippen LogP contribution in [0.25, 0.3) is 11.3 Å². The molecule has 4 aromatic rings. The molecule has 6 nitrogen and oxygen atoms in total. The Morgan fingerprint density at radius 1 is 0.812 bits per heavy atom. The summed E-state index contributed by atoms with van der Waals surface area (Å²) in [4.78, 5) is 23.9. The van der Waals surface area contributed by atoms with Gasteiger partial charge in [0.25, 0.3) is 5.91 Å². The van der Waals surface area contributed by atoms with E-state index in [4.69, 9.17) is 9.52 Å². The van der Waals surface area contributed by atoms with Crippen LogP contribution in [0.2, 0.25) is 0 Å². The fraction of sp³-hybridized carbons (Fsp3) is 0.0385. The van der Waals surface area contributed by atoms with Gasteiger partial charge in [0.15, 0.2) is 0 Å². The molecule has 6 heteroatoms. The number of hydrazone groups is 1. The second-order valence-electron chi connectivity index (χ2n) is 7.07. The lowest BCUT2D eigenvalue weighted by Crippen LogP contribution is -2.26. The third-order valence-electron chi connectivity index (χ3n) is 4.94. The Kier molecular flexibility index (Phi) is 6.22. The first-order chi connectivity index (χ1) is 15.6. The molecule has 0 saturated carbocycles. The van der Waals surface area contributed by atoms with Crippen LogP contribution >= 0.6 is 0 Å². The van der Waals surface area contributed by atoms with E-state index in [1.165, 1.54) is 18.3 Å². The Bertz CT molecular complexity index is 1190. The van der Waals surface area contributed by atoms with Crippen LogP contribution in [0.4, 0.5) is 0 Å². The average Bonchev–Trinajstić information content (AvgIpc) is 3.30. The van der Waals surface area contributed by atoms with Crippen LogP contribution in [-0.2, 0) is 4.79 Å². The second-order valence-corrected chi connectivity index (χ2v) is 7.07. The number of benzene rings is 3.